The lowest BCUT2D eigenvalue weighted by atomic mass is 9.87. The van der Waals surface area contributed by atoms with Crippen LogP contribution in [0.4, 0.5) is 0 Å². The monoisotopic (exact) mass is 368 g/mol. The van der Waals surface area contributed by atoms with Crippen molar-refractivity contribution in [1.29, 1.82) is 0 Å². The first-order valence-corrected chi connectivity index (χ1v) is 10.0. The minimum absolute atomic E-state index is 0.188. The Morgan fingerprint density at radius 3 is 2.12 bits per heavy atom. The Morgan fingerprint density at radius 1 is 0.923 bits per heavy atom. The van der Waals surface area contributed by atoms with Crippen LogP contribution in [-0.2, 0) is 16.6 Å². The van der Waals surface area contributed by atoms with E-state index >= 15 is 0 Å². The van der Waals surface area contributed by atoms with E-state index in [0.717, 1.165) is 31.7 Å². The second-order valence-electron chi connectivity index (χ2n) is 7.84. The fourth-order valence-electron chi connectivity index (χ4n) is 3.08. The molecular weight excluding hydrogens is 340 g/mol. The minimum Gasteiger partial charge on any atom is -0.340 e. The van der Waals surface area contributed by atoms with Crippen LogP contribution >= 0.6 is 11.9 Å². The lowest BCUT2D eigenvalue weighted by Crippen LogP contribution is -2.46. The van der Waals surface area contributed by atoms with Gasteiger partial charge in [0.05, 0.1) is 6.42 Å². The zero-order valence-corrected chi connectivity index (χ0v) is 16.8. The summed E-state index contributed by atoms with van der Waals surface area (Å²) in [6, 6.07) is 18.9. The molecule has 0 unspecified atom stereocenters. The number of benzene rings is 2. The van der Waals surface area contributed by atoms with Gasteiger partial charge in [-0.05, 0) is 40.6 Å². The van der Waals surface area contributed by atoms with Crippen LogP contribution in [0.15, 0.2) is 59.5 Å². The predicted molar refractivity (Wildman–Crippen MR) is 109 cm³/mol. The van der Waals surface area contributed by atoms with Crippen LogP contribution in [0.2, 0.25) is 0 Å². The van der Waals surface area contributed by atoms with Gasteiger partial charge in [0.25, 0.3) is 0 Å². The van der Waals surface area contributed by atoms with E-state index < -0.39 is 0 Å². The van der Waals surface area contributed by atoms with E-state index in [4.69, 9.17) is 0 Å². The highest BCUT2D eigenvalue weighted by molar-refractivity contribution is 7.97. The Balaban J connectivity index is 1.48. The van der Waals surface area contributed by atoms with Crippen LogP contribution in [0.3, 0.4) is 0 Å². The van der Waals surface area contributed by atoms with E-state index in [2.05, 4.69) is 49.3 Å². The van der Waals surface area contributed by atoms with Gasteiger partial charge in [0.15, 0.2) is 0 Å². The molecule has 26 heavy (non-hydrogen) atoms. The number of carbonyl (C=O) groups excluding carboxylic acids is 1. The molecule has 0 aromatic heterocycles. The summed E-state index contributed by atoms with van der Waals surface area (Å²) < 4.78 is 2.36. The van der Waals surface area contributed by atoms with Gasteiger partial charge in [-0.25, -0.2) is 4.31 Å². The third kappa shape index (κ3) is 5.12. The summed E-state index contributed by atoms with van der Waals surface area (Å²) in [5, 5.41) is 0. The highest BCUT2D eigenvalue weighted by atomic mass is 32.2. The van der Waals surface area contributed by atoms with Crippen LogP contribution in [0.25, 0.3) is 0 Å². The SMILES string of the molecule is CC(C)(C)c1ccc(SN2CCN(C(=O)Cc3ccccc3)CC2)cc1. The van der Waals surface area contributed by atoms with E-state index in [9.17, 15) is 4.79 Å². The molecule has 3 nitrogen and oxygen atoms in total. The summed E-state index contributed by atoms with van der Waals surface area (Å²) in [5.74, 6) is 0.232. The van der Waals surface area contributed by atoms with Crippen molar-refractivity contribution in [1.82, 2.24) is 9.21 Å². The minimum atomic E-state index is 0.188. The van der Waals surface area contributed by atoms with Gasteiger partial charge in [-0.3, -0.25) is 4.79 Å². The van der Waals surface area contributed by atoms with Crippen molar-refractivity contribution in [3.63, 3.8) is 0 Å². The Labute approximate surface area is 161 Å². The number of rotatable bonds is 4. The molecule has 1 saturated heterocycles. The molecular formula is C22H28N2OS. The van der Waals surface area contributed by atoms with Gasteiger partial charge in [0, 0.05) is 31.1 Å². The quantitative estimate of drug-likeness (QED) is 0.749. The first-order valence-electron chi connectivity index (χ1n) is 9.27. The van der Waals surface area contributed by atoms with Crippen LogP contribution < -0.4 is 0 Å². The van der Waals surface area contributed by atoms with Gasteiger partial charge in [-0.1, -0.05) is 63.2 Å². The number of carbonyl (C=O) groups is 1. The van der Waals surface area contributed by atoms with Gasteiger partial charge in [0.1, 0.15) is 0 Å². The molecule has 138 valence electrons. The molecule has 3 rings (SSSR count). The molecule has 1 heterocycles. The normalized spacial score (nSPS) is 15.9. The molecule has 1 aliphatic heterocycles. The zero-order valence-electron chi connectivity index (χ0n) is 15.9. The Kier molecular flexibility index (Phi) is 6.05. The average Bonchev–Trinajstić information content (AvgIpc) is 2.63. The van der Waals surface area contributed by atoms with Crippen molar-refractivity contribution >= 4 is 17.9 Å². The maximum Gasteiger partial charge on any atom is 0.227 e. The molecule has 0 radical (unpaired) electrons. The summed E-state index contributed by atoms with van der Waals surface area (Å²) in [6.45, 7) is 10.1. The van der Waals surface area contributed by atoms with Gasteiger partial charge in [-0.2, -0.15) is 0 Å². The second kappa shape index (κ2) is 8.28. The maximum absolute atomic E-state index is 12.5. The zero-order chi connectivity index (χ0) is 18.6. The number of amides is 1. The lowest BCUT2D eigenvalue weighted by Gasteiger charge is -2.34. The second-order valence-corrected chi connectivity index (χ2v) is 9.01. The smallest absolute Gasteiger partial charge is 0.227 e. The van der Waals surface area contributed by atoms with Crippen LogP contribution in [-0.4, -0.2) is 41.3 Å². The first kappa shape index (κ1) is 19.0. The summed E-state index contributed by atoms with van der Waals surface area (Å²) in [7, 11) is 0. The highest BCUT2D eigenvalue weighted by Crippen LogP contribution is 2.28. The fourth-order valence-corrected chi connectivity index (χ4v) is 3.98. The molecule has 0 saturated carbocycles. The molecule has 2 aromatic carbocycles. The largest absolute Gasteiger partial charge is 0.340 e. The van der Waals surface area contributed by atoms with Gasteiger partial charge in [0.2, 0.25) is 5.91 Å². The Hall–Kier alpha value is -1.78. The molecule has 2 aromatic rings. The maximum atomic E-state index is 12.5. The molecule has 0 spiro atoms. The number of nitrogens with zero attached hydrogens (tertiary/aromatic N) is 2. The van der Waals surface area contributed by atoms with Gasteiger partial charge in [-0.15, -0.1) is 0 Å². The van der Waals surface area contributed by atoms with Crippen LogP contribution in [0, 0.1) is 0 Å². The Bertz CT molecular complexity index is 714. The third-order valence-corrected chi connectivity index (χ3v) is 5.85. The predicted octanol–water partition coefficient (Wildman–Crippen LogP) is 4.38. The van der Waals surface area contributed by atoms with Crippen molar-refractivity contribution in [3.05, 3.63) is 65.7 Å². The number of piperazine rings is 1. The third-order valence-electron chi connectivity index (χ3n) is 4.74. The fraction of sp³-hybridized carbons (Fsp3) is 0.409. The number of hydrogen-bond acceptors (Lipinski definition) is 3. The van der Waals surface area contributed by atoms with Crippen molar-refractivity contribution in [2.24, 2.45) is 0 Å². The van der Waals surface area contributed by atoms with Crippen LogP contribution in [0.1, 0.15) is 31.9 Å². The molecule has 0 aliphatic carbocycles. The lowest BCUT2D eigenvalue weighted by molar-refractivity contribution is -0.131. The molecule has 0 N–H and O–H groups in total. The summed E-state index contributed by atoms with van der Waals surface area (Å²) in [6.07, 6.45) is 0.502. The van der Waals surface area contributed by atoms with Crippen molar-refractivity contribution in [2.45, 2.75) is 37.5 Å². The molecule has 4 heteroatoms. The van der Waals surface area contributed by atoms with E-state index in [1.807, 2.05) is 35.2 Å². The first-order chi connectivity index (χ1) is 12.4. The van der Waals surface area contributed by atoms with Crippen molar-refractivity contribution < 1.29 is 4.79 Å². The van der Waals surface area contributed by atoms with E-state index in [1.54, 1.807) is 11.9 Å². The summed E-state index contributed by atoms with van der Waals surface area (Å²) in [5.41, 5.74) is 2.64. The van der Waals surface area contributed by atoms with Crippen molar-refractivity contribution in [3.8, 4) is 0 Å². The van der Waals surface area contributed by atoms with Gasteiger partial charge >= 0.3 is 0 Å². The van der Waals surface area contributed by atoms with Crippen molar-refractivity contribution in [2.75, 3.05) is 26.2 Å². The van der Waals surface area contributed by atoms with Gasteiger partial charge < -0.3 is 4.90 Å². The number of hydrogen-bond donors (Lipinski definition) is 0. The van der Waals surface area contributed by atoms with E-state index in [1.165, 1.54) is 10.5 Å². The van der Waals surface area contributed by atoms with Crippen LogP contribution in [0.5, 0.6) is 0 Å². The highest BCUT2D eigenvalue weighted by Gasteiger charge is 2.22. The molecule has 1 aliphatic rings. The van der Waals surface area contributed by atoms with E-state index in [-0.39, 0.29) is 11.3 Å². The molecule has 1 amide bonds. The standard InChI is InChI=1S/C22H28N2OS/c1-22(2,3)19-9-11-20(12-10-19)26-24-15-13-23(14-16-24)21(25)17-18-7-5-4-6-8-18/h4-12H,13-17H2,1-3H3. The van der Waals surface area contributed by atoms with E-state index in [0.29, 0.717) is 6.42 Å². The molecule has 0 bridgehead atoms. The molecule has 1 fully saturated rings. The topological polar surface area (TPSA) is 23.6 Å². The summed E-state index contributed by atoms with van der Waals surface area (Å²) in [4.78, 5) is 15.7. The summed E-state index contributed by atoms with van der Waals surface area (Å²) >= 11 is 1.80. The Morgan fingerprint density at radius 2 is 1.54 bits per heavy atom. The molecule has 0 atom stereocenters. The average molecular weight is 369 g/mol.